The first-order chi connectivity index (χ1) is 13.8. The van der Waals surface area contributed by atoms with E-state index >= 15 is 0 Å². The Kier molecular flexibility index (Phi) is 5.58. The molecule has 3 rings (SSSR count). The number of halogens is 6. The zero-order chi connectivity index (χ0) is 22.3. The van der Waals surface area contributed by atoms with E-state index in [4.69, 9.17) is 0 Å². The van der Waals surface area contributed by atoms with Gasteiger partial charge < -0.3 is 4.90 Å². The third-order valence-corrected chi connectivity index (χ3v) is 6.33. The van der Waals surface area contributed by atoms with Gasteiger partial charge in [0.1, 0.15) is 5.69 Å². The monoisotopic (exact) mass is 456 g/mol. The molecule has 0 saturated carbocycles. The van der Waals surface area contributed by atoms with Crippen molar-refractivity contribution in [2.24, 2.45) is 0 Å². The fourth-order valence-electron chi connectivity index (χ4n) is 2.90. The molecule has 1 aliphatic heterocycles. The van der Waals surface area contributed by atoms with Crippen LogP contribution in [0.15, 0.2) is 35.4 Å². The molecule has 0 bridgehead atoms. The van der Waals surface area contributed by atoms with Gasteiger partial charge in [-0.3, -0.25) is 9.89 Å². The fraction of sp³-hybridized carbons (Fsp3) is 0.375. The number of piperazine rings is 1. The number of aromatic nitrogens is 2. The van der Waals surface area contributed by atoms with Crippen LogP contribution in [0.25, 0.3) is 0 Å². The van der Waals surface area contributed by atoms with E-state index in [9.17, 15) is 39.6 Å². The van der Waals surface area contributed by atoms with Crippen LogP contribution in [0, 0.1) is 0 Å². The molecule has 1 amide bonds. The highest BCUT2D eigenvalue weighted by molar-refractivity contribution is 7.89. The Morgan fingerprint density at radius 3 is 1.90 bits per heavy atom. The first-order valence-electron chi connectivity index (χ1n) is 8.38. The highest BCUT2D eigenvalue weighted by Crippen LogP contribution is 2.37. The number of nitrogens with zero attached hydrogens (tertiary/aromatic N) is 3. The second kappa shape index (κ2) is 7.58. The van der Waals surface area contributed by atoms with Gasteiger partial charge in [0.15, 0.2) is 0 Å². The van der Waals surface area contributed by atoms with Crippen LogP contribution in [-0.4, -0.2) is 59.9 Å². The summed E-state index contributed by atoms with van der Waals surface area (Å²) in [6.07, 6.45) is -8.98. The van der Waals surface area contributed by atoms with Gasteiger partial charge in [-0.2, -0.15) is 35.7 Å². The summed E-state index contributed by atoms with van der Waals surface area (Å²) in [5.74, 6) is -0.456. The predicted octanol–water partition coefficient (Wildman–Crippen LogP) is 2.59. The number of carbonyl (C=O) groups is 1. The predicted molar refractivity (Wildman–Crippen MR) is 89.7 cm³/mol. The van der Waals surface area contributed by atoms with Gasteiger partial charge >= 0.3 is 12.4 Å². The summed E-state index contributed by atoms with van der Waals surface area (Å²) in [6.45, 7) is -0.774. The number of aromatic amines is 1. The van der Waals surface area contributed by atoms with E-state index < -0.39 is 44.3 Å². The van der Waals surface area contributed by atoms with E-state index in [-0.39, 0.29) is 50.1 Å². The second-order valence-electron chi connectivity index (χ2n) is 6.41. The van der Waals surface area contributed by atoms with Crippen molar-refractivity contribution >= 4 is 15.9 Å². The van der Waals surface area contributed by atoms with Crippen LogP contribution in [-0.2, 0) is 22.4 Å². The maximum Gasteiger partial charge on any atom is 0.416 e. The largest absolute Gasteiger partial charge is 0.416 e. The molecule has 1 aromatic carbocycles. The highest BCUT2D eigenvalue weighted by atomic mass is 32.2. The zero-order valence-corrected chi connectivity index (χ0v) is 15.8. The average Bonchev–Trinajstić information content (AvgIpc) is 3.20. The molecule has 0 atom stereocenters. The second-order valence-corrected chi connectivity index (χ2v) is 8.35. The van der Waals surface area contributed by atoms with Crippen LogP contribution in [0.1, 0.15) is 21.6 Å². The van der Waals surface area contributed by atoms with E-state index in [0.717, 1.165) is 4.31 Å². The molecule has 164 valence electrons. The summed E-state index contributed by atoms with van der Waals surface area (Å²) in [4.78, 5) is 12.4. The summed E-state index contributed by atoms with van der Waals surface area (Å²) >= 11 is 0. The number of hydrogen-bond acceptors (Lipinski definition) is 4. The Bertz CT molecular complexity index is 994. The lowest BCUT2D eigenvalue weighted by molar-refractivity contribution is -0.143. The Morgan fingerprint density at radius 2 is 1.47 bits per heavy atom. The minimum atomic E-state index is -5.17. The number of carbonyl (C=O) groups excluding carboxylic acids is 1. The minimum absolute atomic E-state index is 0.0951. The molecule has 0 spiro atoms. The minimum Gasteiger partial charge on any atom is -0.335 e. The zero-order valence-electron chi connectivity index (χ0n) is 15.0. The molecule has 1 aromatic heterocycles. The van der Waals surface area contributed by atoms with Crippen LogP contribution in [0.5, 0.6) is 0 Å². The Hall–Kier alpha value is -2.61. The number of rotatable bonds is 3. The standard InChI is InChI=1S/C16H14F6N4O3S/c17-15(18,19)10-7-11(16(20,21)22)9-12(8-10)30(28,29)26-5-3-25(4-6-26)14(27)13-1-2-23-24-13/h1-2,7-9H,3-6H2,(H,23,24). The van der Waals surface area contributed by atoms with Gasteiger partial charge in [0.2, 0.25) is 10.0 Å². The van der Waals surface area contributed by atoms with E-state index in [1.165, 1.54) is 17.2 Å². The molecule has 1 N–H and O–H groups in total. The van der Waals surface area contributed by atoms with Crippen molar-refractivity contribution in [1.82, 2.24) is 19.4 Å². The number of benzene rings is 1. The van der Waals surface area contributed by atoms with Crippen LogP contribution in [0.4, 0.5) is 26.3 Å². The van der Waals surface area contributed by atoms with Crippen molar-refractivity contribution in [2.45, 2.75) is 17.2 Å². The number of H-pyrrole nitrogens is 1. The highest BCUT2D eigenvalue weighted by Gasteiger charge is 2.39. The third-order valence-electron chi connectivity index (χ3n) is 4.46. The smallest absolute Gasteiger partial charge is 0.335 e. The van der Waals surface area contributed by atoms with Crippen molar-refractivity contribution in [1.29, 1.82) is 0 Å². The van der Waals surface area contributed by atoms with Crippen LogP contribution in [0.2, 0.25) is 0 Å². The van der Waals surface area contributed by atoms with Crippen molar-refractivity contribution in [3.05, 3.63) is 47.3 Å². The maximum absolute atomic E-state index is 13.0. The molecular formula is C16H14F6N4O3S. The first kappa shape index (κ1) is 22.1. The van der Waals surface area contributed by atoms with Crippen LogP contribution in [0.3, 0.4) is 0 Å². The molecule has 2 aromatic rings. The molecule has 0 unspecified atom stereocenters. The normalized spacial score (nSPS) is 16.7. The number of nitrogens with one attached hydrogen (secondary N) is 1. The summed E-state index contributed by atoms with van der Waals surface area (Å²) in [7, 11) is -4.66. The molecule has 14 heteroatoms. The molecule has 1 saturated heterocycles. The lowest BCUT2D eigenvalue weighted by Crippen LogP contribution is -2.50. The quantitative estimate of drug-likeness (QED) is 0.720. The molecule has 7 nitrogen and oxygen atoms in total. The lowest BCUT2D eigenvalue weighted by Gasteiger charge is -2.33. The van der Waals surface area contributed by atoms with E-state index in [0.29, 0.717) is 0 Å². The van der Waals surface area contributed by atoms with E-state index in [2.05, 4.69) is 10.2 Å². The number of amides is 1. The average molecular weight is 456 g/mol. The van der Waals surface area contributed by atoms with Crippen molar-refractivity contribution in [2.75, 3.05) is 26.2 Å². The summed E-state index contributed by atoms with van der Waals surface area (Å²) in [5.41, 5.74) is -3.27. The fourth-order valence-corrected chi connectivity index (χ4v) is 4.40. The van der Waals surface area contributed by atoms with E-state index in [1.54, 1.807) is 0 Å². The van der Waals surface area contributed by atoms with Crippen molar-refractivity contribution in [3.8, 4) is 0 Å². The maximum atomic E-state index is 13.0. The van der Waals surface area contributed by atoms with Gasteiger partial charge in [-0.05, 0) is 24.3 Å². The van der Waals surface area contributed by atoms with Crippen LogP contribution >= 0.6 is 0 Å². The van der Waals surface area contributed by atoms with E-state index in [1.807, 2.05) is 0 Å². The third kappa shape index (κ3) is 4.43. The Morgan fingerprint density at radius 1 is 0.933 bits per heavy atom. The number of alkyl halides is 6. The summed E-state index contributed by atoms with van der Waals surface area (Å²) < 4.78 is 104. The molecular weight excluding hydrogens is 442 g/mol. The summed E-state index contributed by atoms with van der Waals surface area (Å²) in [5, 5.41) is 6.08. The molecule has 0 radical (unpaired) electrons. The molecule has 2 heterocycles. The number of hydrogen-bond donors (Lipinski definition) is 1. The van der Waals surface area contributed by atoms with Gasteiger partial charge in [-0.1, -0.05) is 0 Å². The van der Waals surface area contributed by atoms with Gasteiger partial charge in [0.05, 0.1) is 16.0 Å². The Labute approximate surface area is 166 Å². The van der Waals surface area contributed by atoms with Crippen molar-refractivity contribution in [3.63, 3.8) is 0 Å². The lowest BCUT2D eigenvalue weighted by atomic mass is 10.1. The van der Waals surface area contributed by atoms with Crippen LogP contribution < -0.4 is 0 Å². The molecule has 1 fully saturated rings. The molecule has 30 heavy (non-hydrogen) atoms. The van der Waals surface area contributed by atoms with Gasteiger partial charge in [0.25, 0.3) is 5.91 Å². The van der Waals surface area contributed by atoms with Gasteiger partial charge in [0, 0.05) is 32.4 Å². The van der Waals surface area contributed by atoms with Crippen molar-refractivity contribution < 1.29 is 39.6 Å². The first-order valence-corrected chi connectivity index (χ1v) is 9.82. The topological polar surface area (TPSA) is 86.4 Å². The molecule has 1 aliphatic rings. The van der Waals surface area contributed by atoms with Gasteiger partial charge in [-0.15, -0.1) is 0 Å². The SMILES string of the molecule is O=C(c1ccn[nH]1)N1CCN(S(=O)(=O)c2cc(C(F)(F)F)cc(C(F)(F)F)c2)CC1. The summed E-state index contributed by atoms with van der Waals surface area (Å²) in [6, 6.07) is 1.62. The number of sulfonamides is 1. The van der Waals surface area contributed by atoms with Gasteiger partial charge in [-0.25, -0.2) is 8.42 Å². The molecule has 0 aliphatic carbocycles. The Balaban J connectivity index is 1.86.